The first-order chi connectivity index (χ1) is 15.6. The molecule has 0 bridgehead atoms. The predicted molar refractivity (Wildman–Crippen MR) is 117 cm³/mol. The first-order valence-electron chi connectivity index (χ1n) is 9.19. The Bertz CT molecular complexity index is 1250. The minimum absolute atomic E-state index is 0.0841. The van der Waals surface area contributed by atoms with E-state index in [1.54, 1.807) is 6.92 Å². The summed E-state index contributed by atoms with van der Waals surface area (Å²) in [5.41, 5.74) is 2.28. The Morgan fingerprint density at radius 3 is 2.58 bits per heavy atom. The van der Waals surface area contributed by atoms with Gasteiger partial charge in [0.05, 0.1) is 34.4 Å². The third-order valence-electron chi connectivity index (χ3n) is 4.30. The van der Waals surface area contributed by atoms with Crippen molar-refractivity contribution in [1.29, 1.82) is 5.41 Å². The van der Waals surface area contributed by atoms with E-state index in [2.05, 4.69) is 25.8 Å². The van der Waals surface area contributed by atoms with E-state index in [4.69, 9.17) is 17.0 Å². The molecule has 0 aliphatic heterocycles. The fourth-order valence-electron chi connectivity index (χ4n) is 2.84. The number of benzene rings is 1. The maximum Gasteiger partial charge on any atom is 0.420 e. The van der Waals surface area contributed by atoms with Crippen molar-refractivity contribution in [3.05, 3.63) is 70.3 Å². The largest absolute Gasteiger partial charge is 0.420 e. The molecule has 0 saturated heterocycles. The Balaban J connectivity index is 1.85. The Hall–Kier alpha value is -3.86. The van der Waals surface area contributed by atoms with Crippen LogP contribution in [0, 0.1) is 18.2 Å². The van der Waals surface area contributed by atoms with E-state index in [1.807, 2.05) is 0 Å². The number of nitrogens with one attached hydrogen (secondary N) is 3. The molecule has 0 fully saturated rings. The van der Waals surface area contributed by atoms with Gasteiger partial charge >= 0.3 is 6.18 Å². The molecular weight excluding hydrogens is 464 g/mol. The number of hydrazone groups is 1. The van der Waals surface area contributed by atoms with Crippen molar-refractivity contribution in [3.8, 4) is 11.3 Å². The molecular formula is C21H15ClF4N6O. The molecule has 0 spiro atoms. The van der Waals surface area contributed by atoms with Crippen LogP contribution in [0.4, 0.5) is 29.1 Å². The number of hydrogen-bond donors (Lipinski definition) is 3. The summed E-state index contributed by atoms with van der Waals surface area (Å²) in [5, 5.41) is 12.7. The van der Waals surface area contributed by atoms with Crippen molar-refractivity contribution in [3.63, 3.8) is 0 Å². The van der Waals surface area contributed by atoms with Crippen LogP contribution in [-0.2, 0) is 6.18 Å². The highest BCUT2D eigenvalue weighted by Gasteiger charge is 2.35. The normalized spacial score (nSPS) is 11.5. The van der Waals surface area contributed by atoms with Gasteiger partial charge in [-0.25, -0.2) is 9.37 Å². The highest BCUT2D eigenvalue weighted by Crippen LogP contribution is 2.35. The fourth-order valence-corrected chi connectivity index (χ4v) is 3.10. The van der Waals surface area contributed by atoms with E-state index in [-0.39, 0.29) is 16.3 Å². The molecule has 7 nitrogen and oxygen atoms in total. The number of carbonyl (C=O) groups is 1. The Kier molecular flexibility index (Phi) is 7.02. The van der Waals surface area contributed by atoms with E-state index in [0.29, 0.717) is 22.9 Å². The number of halogens is 5. The summed E-state index contributed by atoms with van der Waals surface area (Å²) in [5.74, 6) is -1.80. The summed E-state index contributed by atoms with van der Waals surface area (Å²) in [4.78, 5) is 20.4. The van der Waals surface area contributed by atoms with Gasteiger partial charge in [0.1, 0.15) is 11.4 Å². The summed E-state index contributed by atoms with van der Waals surface area (Å²) in [6, 6.07) is 6.01. The van der Waals surface area contributed by atoms with E-state index >= 15 is 0 Å². The van der Waals surface area contributed by atoms with Crippen LogP contribution < -0.4 is 10.7 Å². The molecule has 3 aromatic rings. The van der Waals surface area contributed by atoms with Gasteiger partial charge in [0.15, 0.2) is 5.82 Å². The minimum atomic E-state index is -4.77. The lowest BCUT2D eigenvalue weighted by Crippen LogP contribution is -2.16. The third-order valence-corrected chi connectivity index (χ3v) is 4.61. The molecule has 0 radical (unpaired) electrons. The molecule has 12 heteroatoms. The highest BCUT2D eigenvalue weighted by molar-refractivity contribution is 6.33. The quantitative estimate of drug-likeness (QED) is 0.245. The molecule has 0 aliphatic rings. The maximum absolute atomic E-state index is 13.4. The second-order valence-electron chi connectivity index (χ2n) is 6.64. The predicted octanol–water partition coefficient (Wildman–Crippen LogP) is 5.56. The lowest BCUT2D eigenvalue weighted by Gasteiger charge is -2.14. The van der Waals surface area contributed by atoms with Crippen molar-refractivity contribution in [1.82, 2.24) is 9.97 Å². The standard InChI is InChI=1S/C21H15ClF4N6O/c1-11-6-12(9-28-18(11)15-3-2-13(23)7-17(15)22)20(33)31-14-8-16(21(24,25)26)19(29-10-14)32-30-5-4-27/h2-10,27H,1H3,(H,29,32)(H,31,33)/b27-4?,30-5-. The second-order valence-corrected chi connectivity index (χ2v) is 7.05. The van der Waals surface area contributed by atoms with Crippen LogP contribution in [0.3, 0.4) is 0 Å². The SMILES string of the molecule is Cc1cc(C(=O)Nc2cnc(N/N=C\C=N)c(C(F)(F)F)c2)cnc1-c1ccc(F)cc1Cl. The van der Waals surface area contributed by atoms with Gasteiger partial charge in [0, 0.05) is 18.0 Å². The zero-order chi connectivity index (χ0) is 24.2. The van der Waals surface area contributed by atoms with Gasteiger partial charge in [-0.05, 0) is 42.8 Å². The van der Waals surface area contributed by atoms with Crippen LogP contribution >= 0.6 is 11.6 Å². The Morgan fingerprint density at radius 2 is 1.94 bits per heavy atom. The smallest absolute Gasteiger partial charge is 0.321 e. The number of rotatable bonds is 6. The molecule has 3 N–H and O–H groups in total. The third kappa shape index (κ3) is 5.69. The maximum atomic E-state index is 13.4. The molecule has 0 saturated carbocycles. The highest BCUT2D eigenvalue weighted by atomic mass is 35.5. The minimum Gasteiger partial charge on any atom is -0.321 e. The van der Waals surface area contributed by atoms with Gasteiger partial charge in [-0.3, -0.25) is 15.2 Å². The van der Waals surface area contributed by atoms with Gasteiger partial charge in [-0.1, -0.05) is 11.6 Å². The lowest BCUT2D eigenvalue weighted by atomic mass is 10.0. The summed E-state index contributed by atoms with van der Waals surface area (Å²) < 4.78 is 53.4. The molecule has 0 aliphatic carbocycles. The van der Waals surface area contributed by atoms with Gasteiger partial charge in [0.2, 0.25) is 0 Å². The summed E-state index contributed by atoms with van der Waals surface area (Å²) in [6.07, 6.45) is -0.792. The number of hydrogen-bond acceptors (Lipinski definition) is 6. The van der Waals surface area contributed by atoms with Crippen LogP contribution in [0.2, 0.25) is 5.02 Å². The first kappa shape index (κ1) is 23.8. The molecule has 170 valence electrons. The van der Waals surface area contributed by atoms with E-state index < -0.39 is 29.3 Å². The molecule has 3 rings (SSSR count). The average molecular weight is 479 g/mol. The first-order valence-corrected chi connectivity index (χ1v) is 9.56. The number of alkyl halides is 3. The molecule has 0 atom stereocenters. The van der Waals surface area contributed by atoms with Crippen molar-refractivity contribution in [2.24, 2.45) is 5.10 Å². The van der Waals surface area contributed by atoms with Crippen molar-refractivity contribution in [2.75, 3.05) is 10.7 Å². The molecule has 0 unspecified atom stereocenters. The monoisotopic (exact) mass is 478 g/mol. The average Bonchev–Trinajstić information content (AvgIpc) is 2.74. The summed E-state index contributed by atoms with van der Waals surface area (Å²) in [6.45, 7) is 1.66. The van der Waals surface area contributed by atoms with Gasteiger partial charge in [0.25, 0.3) is 5.91 Å². The zero-order valence-corrected chi connectivity index (χ0v) is 17.6. The summed E-state index contributed by atoms with van der Waals surface area (Å²) >= 11 is 6.07. The van der Waals surface area contributed by atoms with E-state index in [1.165, 1.54) is 24.4 Å². The fraction of sp³-hybridized carbons (Fsp3) is 0.0952. The van der Waals surface area contributed by atoms with Crippen LogP contribution in [0.25, 0.3) is 11.3 Å². The number of amides is 1. The molecule has 2 heterocycles. The number of nitrogens with zero attached hydrogens (tertiary/aromatic N) is 3. The molecule has 33 heavy (non-hydrogen) atoms. The molecule has 1 amide bonds. The number of aryl methyl sites for hydroxylation is 1. The van der Waals surface area contributed by atoms with Crippen molar-refractivity contribution < 1.29 is 22.4 Å². The lowest BCUT2D eigenvalue weighted by molar-refractivity contribution is -0.137. The van der Waals surface area contributed by atoms with E-state index in [0.717, 1.165) is 24.7 Å². The van der Waals surface area contributed by atoms with Crippen molar-refractivity contribution >= 4 is 41.4 Å². The zero-order valence-electron chi connectivity index (χ0n) is 16.8. The van der Waals surface area contributed by atoms with Gasteiger partial charge in [-0.2, -0.15) is 18.3 Å². The Labute approximate surface area is 190 Å². The van der Waals surface area contributed by atoms with Gasteiger partial charge < -0.3 is 10.7 Å². The summed E-state index contributed by atoms with van der Waals surface area (Å²) in [7, 11) is 0. The second kappa shape index (κ2) is 9.74. The van der Waals surface area contributed by atoms with Gasteiger partial charge in [-0.15, -0.1) is 0 Å². The van der Waals surface area contributed by atoms with Crippen LogP contribution in [-0.4, -0.2) is 28.3 Å². The number of carbonyl (C=O) groups excluding carboxylic acids is 1. The van der Waals surface area contributed by atoms with Crippen LogP contribution in [0.15, 0.2) is 47.8 Å². The number of anilines is 2. The molecule has 1 aromatic carbocycles. The number of aromatic nitrogens is 2. The van der Waals surface area contributed by atoms with Crippen LogP contribution in [0.1, 0.15) is 21.5 Å². The number of pyridine rings is 2. The van der Waals surface area contributed by atoms with E-state index in [9.17, 15) is 22.4 Å². The Morgan fingerprint density at radius 1 is 1.18 bits per heavy atom. The topological polar surface area (TPSA) is 103 Å². The van der Waals surface area contributed by atoms with Crippen molar-refractivity contribution in [2.45, 2.75) is 13.1 Å². The van der Waals surface area contributed by atoms with Crippen LogP contribution in [0.5, 0.6) is 0 Å². The molecule has 2 aromatic heterocycles.